The third kappa shape index (κ3) is 2.66. The fourth-order valence-electron chi connectivity index (χ4n) is 1.70. The average Bonchev–Trinajstić information content (AvgIpc) is 2.18. The number of carbonyl (C=O) groups excluding carboxylic acids is 1. The summed E-state index contributed by atoms with van der Waals surface area (Å²) in [6.07, 6.45) is -2.84. The van der Waals surface area contributed by atoms with Crippen LogP contribution in [0.25, 0.3) is 0 Å². The number of aliphatic hydroxyl groups is 3. The zero-order chi connectivity index (χ0) is 11.6. The van der Waals surface area contributed by atoms with E-state index in [4.69, 9.17) is 9.84 Å². The van der Waals surface area contributed by atoms with Crippen LogP contribution in [-0.4, -0.2) is 52.4 Å². The monoisotopic (exact) mass is 219 g/mol. The van der Waals surface area contributed by atoms with Gasteiger partial charge in [-0.05, 0) is 0 Å². The Morgan fingerprint density at radius 1 is 1.47 bits per heavy atom. The molecule has 88 valence electrons. The Hall–Kier alpha value is -0.690. The van der Waals surface area contributed by atoms with E-state index in [-0.39, 0.29) is 18.4 Å². The van der Waals surface area contributed by atoms with Crippen LogP contribution in [0.4, 0.5) is 0 Å². The molecule has 6 heteroatoms. The summed E-state index contributed by atoms with van der Waals surface area (Å²) in [5.74, 6) is -0.702. The van der Waals surface area contributed by atoms with Crippen molar-refractivity contribution >= 4 is 5.91 Å². The number of ether oxygens (including phenoxy) is 1. The van der Waals surface area contributed by atoms with Crippen molar-refractivity contribution < 1.29 is 24.9 Å². The van der Waals surface area contributed by atoms with Crippen LogP contribution in [0, 0.1) is 5.92 Å². The summed E-state index contributed by atoms with van der Waals surface area (Å²) in [4.78, 5) is 10.8. The highest BCUT2D eigenvalue weighted by atomic mass is 16.6. The highest BCUT2D eigenvalue weighted by Gasteiger charge is 2.42. The van der Waals surface area contributed by atoms with Gasteiger partial charge in [0.15, 0.2) is 6.29 Å². The normalized spacial score (nSPS) is 41.3. The Morgan fingerprint density at radius 2 is 2.07 bits per heavy atom. The molecule has 0 aliphatic carbocycles. The average molecular weight is 219 g/mol. The first-order chi connectivity index (χ1) is 6.97. The molecule has 1 amide bonds. The minimum absolute atomic E-state index is 0.276. The van der Waals surface area contributed by atoms with Crippen molar-refractivity contribution in [3.05, 3.63) is 0 Å². The van der Waals surface area contributed by atoms with Gasteiger partial charge >= 0.3 is 0 Å². The molecule has 1 aliphatic heterocycles. The molecule has 1 heterocycles. The molecule has 0 bridgehead atoms. The molecule has 1 rings (SSSR count). The smallest absolute Gasteiger partial charge is 0.217 e. The maximum atomic E-state index is 10.8. The first-order valence-electron chi connectivity index (χ1n) is 4.87. The minimum Gasteiger partial charge on any atom is -0.394 e. The number of nitrogens with one attached hydrogen (secondary N) is 1. The summed E-state index contributed by atoms with van der Waals surface area (Å²) in [7, 11) is 0. The second-order valence-electron chi connectivity index (χ2n) is 3.82. The van der Waals surface area contributed by atoms with Gasteiger partial charge in [0.2, 0.25) is 5.91 Å². The zero-order valence-corrected chi connectivity index (χ0v) is 8.75. The van der Waals surface area contributed by atoms with Crippen LogP contribution in [0.1, 0.15) is 13.8 Å². The lowest BCUT2D eigenvalue weighted by Crippen LogP contribution is -2.60. The molecule has 6 nitrogen and oxygen atoms in total. The Labute approximate surface area is 87.9 Å². The second-order valence-corrected chi connectivity index (χ2v) is 3.82. The summed E-state index contributed by atoms with van der Waals surface area (Å²) in [5, 5.41) is 30.6. The summed E-state index contributed by atoms with van der Waals surface area (Å²) in [5.41, 5.74) is 0. The third-order valence-electron chi connectivity index (χ3n) is 2.66. The van der Waals surface area contributed by atoms with Gasteiger partial charge in [0.05, 0.1) is 18.8 Å². The van der Waals surface area contributed by atoms with Crippen molar-refractivity contribution in [2.75, 3.05) is 6.61 Å². The highest BCUT2D eigenvalue weighted by Crippen LogP contribution is 2.24. The lowest BCUT2D eigenvalue weighted by atomic mass is 9.89. The lowest BCUT2D eigenvalue weighted by molar-refractivity contribution is -0.235. The van der Waals surface area contributed by atoms with E-state index in [0.717, 1.165) is 0 Å². The summed E-state index contributed by atoms with van der Waals surface area (Å²) < 4.78 is 5.06. The van der Waals surface area contributed by atoms with E-state index in [2.05, 4.69) is 5.32 Å². The van der Waals surface area contributed by atoms with Gasteiger partial charge in [-0.1, -0.05) is 6.92 Å². The number of aliphatic hydroxyl groups excluding tert-OH is 3. The largest absolute Gasteiger partial charge is 0.394 e. The van der Waals surface area contributed by atoms with Crippen LogP contribution in [0.5, 0.6) is 0 Å². The number of carbonyl (C=O) groups is 1. The lowest BCUT2D eigenvalue weighted by Gasteiger charge is -2.41. The van der Waals surface area contributed by atoms with E-state index in [1.165, 1.54) is 6.92 Å². The van der Waals surface area contributed by atoms with E-state index in [0.29, 0.717) is 0 Å². The number of amides is 1. The number of hydrogen-bond acceptors (Lipinski definition) is 5. The van der Waals surface area contributed by atoms with E-state index < -0.39 is 24.5 Å². The molecule has 0 saturated carbocycles. The van der Waals surface area contributed by atoms with Gasteiger partial charge in [0, 0.05) is 12.8 Å². The molecule has 1 saturated heterocycles. The second kappa shape index (κ2) is 4.89. The van der Waals surface area contributed by atoms with Crippen LogP contribution in [-0.2, 0) is 9.53 Å². The molecular formula is C9H17NO5. The van der Waals surface area contributed by atoms with Gasteiger partial charge in [-0.15, -0.1) is 0 Å². The van der Waals surface area contributed by atoms with Gasteiger partial charge in [-0.3, -0.25) is 4.79 Å². The molecule has 4 N–H and O–H groups in total. The first-order valence-corrected chi connectivity index (χ1v) is 4.87. The molecule has 0 aromatic carbocycles. The molecule has 1 aliphatic rings. The van der Waals surface area contributed by atoms with E-state index in [1.807, 2.05) is 0 Å². The minimum atomic E-state index is -1.29. The Kier molecular flexibility index (Phi) is 4.04. The van der Waals surface area contributed by atoms with Crippen molar-refractivity contribution in [3.63, 3.8) is 0 Å². The van der Waals surface area contributed by atoms with Crippen LogP contribution in [0.2, 0.25) is 0 Å². The number of rotatable bonds is 2. The van der Waals surface area contributed by atoms with E-state index in [1.54, 1.807) is 6.92 Å². The van der Waals surface area contributed by atoms with Crippen molar-refractivity contribution in [2.45, 2.75) is 38.4 Å². The molecule has 15 heavy (non-hydrogen) atoms. The Balaban J connectivity index is 2.70. The summed E-state index contributed by atoms with van der Waals surface area (Å²) >= 11 is 0. The Morgan fingerprint density at radius 3 is 2.53 bits per heavy atom. The van der Waals surface area contributed by atoms with Gasteiger partial charge < -0.3 is 25.4 Å². The highest BCUT2D eigenvalue weighted by molar-refractivity contribution is 5.73. The molecule has 5 atom stereocenters. The standard InChI is InChI=1S/C9H17NO5/c1-4-6(3-11)15-9(14)7(8(4)13)10-5(2)12/h4,6-9,11,13-14H,3H2,1-2H3,(H,10,12)/t4-,6?,7-,8?,9?/m1/s1. The van der Waals surface area contributed by atoms with Crippen molar-refractivity contribution in [1.82, 2.24) is 5.32 Å². The summed E-state index contributed by atoms with van der Waals surface area (Å²) in [6, 6.07) is -0.847. The predicted octanol–water partition coefficient (Wildman–Crippen LogP) is -1.80. The van der Waals surface area contributed by atoms with Crippen molar-refractivity contribution in [2.24, 2.45) is 5.92 Å². The maximum Gasteiger partial charge on any atom is 0.217 e. The molecule has 0 aromatic heterocycles. The predicted molar refractivity (Wildman–Crippen MR) is 50.7 cm³/mol. The van der Waals surface area contributed by atoms with Crippen LogP contribution < -0.4 is 5.32 Å². The van der Waals surface area contributed by atoms with Crippen molar-refractivity contribution in [1.29, 1.82) is 0 Å². The van der Waals surface area contributed by atoms with Crippen molar-refractivity contribution in [3.8, 4) is 0 Å². The van der Waals surface area contributed by atoms with E-state index in [9.17, 15) is 15.0 Å². The SMILES string of the molecule is CC(=O)N[C@H]1C(O)OC(CO)[C@@H](C)C1O. The van der Waals surface area contributed by atoms with Gasteiger partial charge in [-0.2, -0.15) is 0 Å². The molecule has 3 unspecified atom stereocenters. The molecule has 0 radical (unpaired) electrons. The molecule has 0 aromatic rings. The summed E-state index contributed by atoms with van der Waals surface area (Å²) in [6.45, 7) is 2.70. The van der Waals surface area contributed by atoms with Crippen LogP contribution >= 0.6 is 0 Å². The van der Waals surface area contributed by atoms with Crippen LogP contribution in [0.3, 0.4) is 0 Å². The maximum absolute atomic E-state index is 10.8. The fourth-order valence-corrected chi connectivity index (χ4v) is 1.70. The van der Waals surface area contributed by atoms with Gasteiger partial charge in [0.25, 0.3) is 0 Å². The fraction of sp³-hybridized carbons (Fsp3) is 0.889. The van der Waals surface area contributed by atoms with E-state index >= 15 is 0 Å². The van der Waals surface area contributed by atoms with Gasteiger partial charge in [0.1, 0.15) is 6.04 Å². The van der Waals surface area contributed by atoms with Gasteiger partial charge in [-0.25, -0.2) is 0 Å². The third-order valence-corrected chi connectivity index (χ3v) is 2.66. The topological polar surface area (TPSA) is 99.0 Å². The Bertz CT molecular complexity index is 235. The number of hydrogen-bond donors (Lipinski definition) is 4. The quantitative estimate of drug-likeness (QED) is 0.439. The molecule has 0 spiro atoms. The molecule has 1 fully saturated rings. The first kappa shape index (κ1) is 12.4. The van der Waals surface area contributed by atoms with Crippen LogP contribution in [0.15, 0.2) is 0 Å². The zero-order valence-electron chi connectivity index (χ0n) is 8.75. The molecular weight excluding hydrogens is 202 g/mol.